The molecule has 5 N–H and O–H groups in total. The van der Waals surface area contributed by atoms with Gasteiger partial charge in [-0.05, 0) is 138 Å². The number of amides is 2. The molecule has 4 aromatic heterocycles. The Morgan fingerprint density at radius 2 is 0.816 bits per heavy atom. The largest absolute Gasteiger partial charge is 0.481 e. The molecule has 0 spiro atoms. The van der Waals surface area contributed by atoms with E-state index in [2.05, 4.69) is 110 Å². The van der Waals surface area contributed by atoms with E-state index in [4.69, 9.17) is 15.6 Å². The lowest BCUT2D eigenvalue weighted by atomic mass is 10.1. The number of hydrogen-bond donors (Lipinski definition) is 4. The number of nitrogens with zero attached hydrogens (tertiary/aromatic N) is 4. The van der Waals surface area contributed by atoms with Gasteiger partial charge in [-0.1, -0.05) is 153 Å². The first-order chi connectivity index (χ1) is 42.2. The number of ketones is 3. The van der Waals surface area contributed by atoms with E-state index in [1.54, 1.807) is 67.8 Å². The normalized spacial score (nSPS) is 11.6. The number of nitrogens with two attached hydrogens (primary N) is 1. The molecule has 0 radical (unpaired) electrons. The number of carboxylic acid groups (broad SMARTS) is 1. The Balaban J connectivity index is 0.000000645. The number of aliphatic carboxylic acids is 1. The van der Waals surface area contributed by atoms with Crippen LogP contribution in [0.25, 0.3) is 24.3 Å². The maximum absolute atomic E-state index is 11.9. The minimum atomic E-state index is -0.824. The van der Waals surface area contributed by atoms with Crippen molar-refractivity contribution in [2.75, 3.05) is 19.6 Å². The summed E-state index contributed by atoms with van der Waals surface area (Å²) in [5.41, 5.74) is 8.71. The summed E-state index contributed by atoms with van der Waals surface area (Å²) >= 11 is 0. The van der Waals surface area contributed by atoms with Gasteiger partial charge in [-0.15, -0.1) is 0 Å². The van der Waals surface area contributed by atoms with Gasteiger partial charge in [0.05, 0.1) is 6.42 Å². The molecule has 0 aliphatic carbocycles. The van der Waals surface area contributed by atoms with Gasteiger partial charge in [-0.2, -0.15) is 0 Å². The first-order valence-corrected chi connectivity index (χ1v) is 30.1. The molecule has 4 aromatic rings. The average Bonchev–Trinajstić information content (AvgIpc) is 3.54. The summed E-state index contributed by atoms with van der Waals surface area (Å²) in [6, 6.07) is 15.1. The van der Waals surface area contributed by atoms with E-state index < -0.39 is 17.7 Å². The molecule has 15 nitrogen and oxygen atoms in total. The number of hydrogen-bond acceptors (Lipinski definition) is 12. The van der Waals surface area contributed by atoms with Crippen molar-refractivity contribution < 1.29 is 38.6 Å². The highest BCUT2D eigenvalue weighted by atomic mass is 16.6. The van der Waals surface area contributed by atoms with Gasteiger partial charge >= 0.3 is 12.1 Å². The van der Waals surface area contributed by atoms with Gasteiger partial charge in [0.25, 0.3) is 0 Å². The monoisotopic (exact) mass is 1190 g/mol. The van der Waals surface area contributed by atoms with Crippen LogP contribution in [0.4, 0.5) is 4.79 Å². The first-order valence-electron chi connectivity index (χ1n) is 30.1. The molecule has 2 amide bonds. The van der Waals surface area contributed by atoms with Crippen molar-refractivity contribution in [1.29, 1.82) is 0 Å². The molecule has 466 valence electrons. The average molecular weight is 1190 g/mol. The predicted molar refractivity (Wildman–Crippen MR) is 356 cm³/mol. The maximum Gasteiger partial charge on any atom is 0.407 e. The molecule has 4 heterocycles. The molecule has 4 rings (SSSR count). The smallest absolute Gasteiger partial charge is 0.407 e. The molecule has 0 saturated heterocycles. The Labute approximate surface area is 518 Å². The fourth-order valence-corrected chi connectivity index (χ4v) is 7.02. The topological polar surface area (TPSA) is 234 Å². The van der Waals surface area contributed by atoms with Crippen molar-refractivity contribution in [3.05, 3.63) is 218 Å². The summed E-state index contributed by atoms with van der Waals surface area (Å²) in [6.07, 6.45) is 66.0. The van der Waals surface area contributed by atoms with E-state index in [1.807, 2.05) is 99.7 Å². The predicted octanol–water partition coefficient (Wildman–Crippen LogP) is 15.1. The number of aromatic nitrogens is 4. The van der Waals surface area contributed by atoms with Crippen LogP contribution in [0.15, 0.2) is 195 Å². The van der Waals surface area contributed by atoms with E-state index in [0.717, 1.165) is 73.6 Å². The third-order valence-corrected chi connectivity index (χ3v) is 11.4. The number of ether oxygens (including phenoxy) is 1. The van der Waals surface area contributed by atoms with E-state index in [0.29, 0.717) is 77.4 Å². The Morgan fingerprint density at radius 1 is 0.471 bits per heavy atom. The minimum absolute atomic E-state index is 0.0356. The van der Waals surface area contributed by atoms with Gasteiger partial charge in [0.2, 0.25) is 5.91 Å². The quantitative estimate of drug-likeness (QED) is 0.0243. The number of nitrogens with one attached hydrogen (secondary N) is 2. The molecule has 0 aliphatic heterocycles. The highest BCUT2D eigenvalue weighted by molar-refractivity contribution is 5.82. The minimum Gasteiger partial charge on any atom is -0.481 e. The van der Waals surface area contributed by atoms with Crippen molar-refractivity contribution in [2.45, 2.75) is 149 Å². The molecule has 0 saturated carbocycles. The second kappa shape index (κ2) is 53.9. The van der Waals surface area contributed by atoms with Crippen LogP contribution in [0.5, 0.6) is 0 Å². The zero-order valence-corrected chi connectivity index (χ0v) is 51.8. The fourth-order valence-electron chi connectivity index (χ4n) is 7.02. The van der Waals surface area contributed by atoms with Crippen molar-refractivity contribution in [2.24, 2.45) is 5.73 Å². The molecule has 0 atom stereocenters. The third-order valence-electron chi connectivity index (χ3n) is 11.4. The van der Waals surface area contributed by atoms with Crippen LogP contribution in [0.2, 0.25) is 0 Å². The van der Waals surface area contributed by atoms with Crippen LogP contribution >= 0.6 is 0 Å². The third kappa shape index (κ3) is 52.5. The zero-order chi connectivity index (χ0) is 63.5. The highest BCUT2D eigenvalue weighted by Crippen LogP contribution is 2.08. The summed E-state index contributed by atoms with van der Waals surface area (Å²) in [5.74, 6) is -0.229. The molecule has 87 heavy (non-hydrogen) atoms. The maximum atomic E-state index is 11.9. The Hall–Kier alpha value is -8.82. The molecule has 0 unspecified atom stereocenters. The molecular formula is C72H95N7O8. The lowest BCUT2D eigenvalue weighted by Crippen LogP contribution is -2.33. The van der Waals surface area contributed by atoms with Crippen LogP contribution in [-0.4, -0.2) is 85.6 Å². The Bertz CT molecular complexity index is 2780. The van der Waals surface area contributed by atoms with Crippen molar-refractivity contribution >= 4 is 59.6 Å². The zero-order valence-electron chi connectivity index (χ0n) is 51.8. The summed E-state index contributed by atoms with van der Waals surface area (Å²) in [4.78, 5) is 84.2. The number of allylic oxidation sites excluding steroid dienone is 15. The first kappa shape index (κ1) is 76.2. The fraction of sp³-hybridized carbons (Fsp3) is 0.361. The lowest BCUT2D eigenvalue weighted by molar-refractivity contribution is -0.136. The molecule has 0 fully saturated rings. The molecule has 0 aromatic carbocycles. The SMILES string of the molecule is CC(C)(C)OC(=O)NCCCC(=O)C/C=C/c1cccnc1.CC/C=C\C/C=C\C/C=C\C/C=C\C/C=C\C/C=C\CCC(=O)NCCCC(=O)C/C=C/c1cccnc1.NCCCC(=O)C/C=C/c1cccnc1.O=C(O)C/C=C/c1cccnc1. The van der Waals surface area contributed by atoms with Crippen molar-refractivity contribution in [3.8, 4) is 0 Å². The standard InChI is InChI=1S/C34H46N2O2.C17H24N2O3.C12H16N2O.C9H9NO2/c1-2-3-4-5-6-7-8-9-10-11-12-13-14-15-16-17-18-19-20-28-34(38)36-30-23-27-33(37)26-21-24-32-25-22-29-35-31-32;1-17(2,3)22-16(21)19-12-6-10-15(20)9-4-7-14-8-5-11-18-13-14;13-8-2-7-12(15)6-1-4-11-5-3-9-14-10-11;11-9(12)5-1-3-8-4-2-6-10-7-8/h3-4,6-7,9-10,12-13,15-16,18-19,21-22,24-25,29,31H,2,5,8,11,14,17,20,23,26-28,30H2,1H3,(H,36,38);4-5,7-8,11,13H,6,9-10,12H2,1-3H3,(H,19,21);1,3-5,9-10H,2,6-8,13H2;1-4,6-7H,5H2,(H,11,12)/b4-3-,7-6-,10-9-,13-12-,16-15-,19-18-,24-21+;7-4+;4-1+;3-1+. The van der Waals surface area contributed by atoms with Gasteiger partial charge < -0.3 is 26.2 Å². The molecule has 0 bridgehead atoms. The van der Waals surface area contributed by atoms with E-state index >= 15 is 0 Å². The summed E-state index contributed by atoms with van der Waals surface area (Å²) in [7, 11) is 0. The lowest BCUT2D eigenvalue weighted by Gasteiger charge is -2.19. The number of carboxylic acids is 1. The Morgan fingerprint density at radius 3 is 1.15 bits per heavy atom. The second-order valence-corrected chi connectivity index (χ2v) is 20.4. The molecule has 15 heteroatoms. The Kier molecular flexibility index (Phi) is 47.2. The van der Waals surface area contributed by atoms with Gasteiger partial charge in [0.1, 0.15) is 23.0 Å². The van der Waals surface area contributed by atoms with Crippen molar-refractivity contribution in [3.63, 3.8) is 0 Å². The summed E-state index contributed by atoms with van der Waals surface area (Å²) in [5, 5.41) is 13.9. The van der Waals surface area contributed by atoms with Crippen molar-refractivity contribution in [1.82, 2.24) is 30.6 Å². The van der Waals surface area contributed by atoms with Crippen LogP contribution in [0, 0.1) is 0 Å². The van der Waals surface area contributed by atoms with Gasteiger partial charge in [-0.3, -0.25) is 43.9 Å². The van der Waals surface area contributed by atoms with Gasteiger partial charge in [0, 0.05) is 108 Å². The van der Waals surface area contributed by atoms with Crippen LogP contribution in [0.3, 0.4) is 0 Å². The van der Waals surface area contributed by atoms with Crippen LogP contribution in [0.1, 0.15) is 166 Å². The number of Topliss-reactive ketones (excluding diaryl/α,β-unsaturated/α-hetero) is 3. The van der Waals surface area contributed by atoms with E-state index in [9.17, 15) is 28.8 Å². The van der Waals surface area contributed by atoms with E-state index in [1.165, 1.54) is 0 Å². The number of carbonyl (C=O) groups is 6. The number of alkyl carbamates (subject to hydrolysis) is 1. The number of carbonyl (C=O) groups excluding carboxylic acids is 5. The van der Waals surface area contributed by atoms with E-state index in [-0.39, 0.29) is 29.7 Å². The van der Waals surface area contributed by atoms with Gasteiger partial charge in [-0.25, -0.2) is 4.79 Å². The molecular weight excluding hydrogens is 1090 g/mol. The second-order valence-electron chi connectivity index (χ2n) is 20.4. The summed E-state index contributed by atoms with van der Waals surface area (Å²) < 4.78 is 5.11. The summed E-state index contributed by atoms with van der Waals surface area (Å²) in [6.45, 7) is 9.14. The highest BCUT2D eigenvalue weighted by Gasteiger charge is 2.15. The number of rotatable bonds is 37. The molecule has 0 aliphatic rings. The van der Waals surface area contributed by atoms with Crippen LogP contribution in [-0.2, 0) is 28.7 Å². The van der Waals surface area contributed by atoms with Crippen LogP contribution < -0.4 is 16.4 Å². The number of pyridine rings is 4. The van der Waals surface area contributed by atoms with Gasteiger partial charge in [0.15, 0.2) is 0 Å².